The highest BCUT2D eigenvalue weighted by atomic mass is 19.4. The van der Waals surface area contributed by atoms with Gasteiger partial charge in [-0.3, -0.25) is 9.69 Å². The van der Waals surface area contributed by atoms with Gasteiger partial charge in [0.1, 0.15) is 11.9 Å². The lowest BCUT2D eigenvalue weighted by Crippen LogP contribution is -2.49. The van der Waals surface area contributed by atoms with E-state index in [0.717, 1.165) is 6.07 Å². The van der Waals surface area contributed by atoms with Gasteiger partial charge in [0.25, 0.3) is 0 Å². The number of carbonyl (C=O) groups excluding carboxylic acids is 2. The number of pyridine rings is 1. The van der Waals surface area contributed by atoms with Crippen LogP contribution < -0.4 is 4.90 Å². The molecule has 1 aliphatic rings. The maximum absolute atomic E-state index is 13.5. The number of nitrogens with zero attached hydrogens (tertiary/aromatic N) is 5. The molecule has 8 nitrogen and oxygen atoms in total. The van der Waals surface area contributed by atoms with E-state index in [1.54, 1.807) is 19.0 Å². The zero-order valence-electron chi connectivity index (χ0n) is 16.4. The van der Waals surface area contributed by atoms with Gasteiger partial charge in [-0.05, 0) is 13.0 Å². The Labute approximate surface area is 166 Å². The molecule has 2 heterocycles. The van der Waals surface area contributed by atoms with Crippen LogP contribution in [0.5, 0.6) is 0 Å². The smallest absolute Gasteiger partial charge is 0.434 e. The third kappa shape index (κ3) is 5.35. The number of rotatable bonds is 5. The van der Waals surface area contributed by atoms with E-state index < -0.39 is 23.4 Å². The van der Waals surface area contributed by atoms with Crippen molar-refractivity contribution in [3.05, 3.63) is 22.9 Å². The summed E-state index contributed by atoms with van der Waals surface area (Å²) in [6, 6.07) is 2.69. The summed E-state index contributed by atoms with van der Waals surface area (Å²) >= 11 is 0. The predicted molar refractivity (Wildman–Crippen MR) is 97.3 cm³/mol. The molecule has 0 atom stereocenters. The first kappa shape index (κ1) is 22.4. The van der Waals surface area contributed by atoms with Gasteiger partial charge in [-0.25, -0.2) is 9.78 Å². The number of ether oxygens (including phenoxy) is 1. The van der Waals surface area contributed by atoms with Crippen molar-refractivity contribution < 1.29 is 27.5 Å². The number of piperazine rings is 1. The third-order valence-corrected chi connectivity index (χ3v) is 4.42. The minimum absolute atomic E-state index is 0.0764. The van der Waals surface area contributed by atoms with Gasteiger partial charge in [-0.2, -0.15) is 18.4 Å². The Kier molecular flexibility index (Phi) is 7.02. The van der Waals surface area contributed by atoms with Crippen LogP contribution in [0.4, 0.5) is 19.0 Å². The molecule has 158 valence electrons. The van der Waals surface area contributed by atoms with E-state index in [-0.39, 0.29) is 30.4 Å². The Morgan fingerprint density at radius 3 is 2.38 bits per heavy atom. The summed E-state index contributed by atoms with van der Waals surface area (Å²) < 4.78 is 45.1. The van der Waals surface area contributed by atoms with Crippen molar-refractivity contribution >= 4 is 17.7 Å². The number of nitriles is 1. The highest BCUT2D eigenvalue weighted by Crippen LogP contribution is 2.34. The van der Waals surface area contributed by atoms with Crippen molar-refractivity contribution in [3.8, 4) is 6.07 Å². The number of likely N-dealkylation sites (N-methyl/N-ethyl adjacent to an activating group) is 1. The molecule has 1 aromatic heterocycles. The lowest BCUT2D eigenvalue weighted by atomic mass is 10.1. The van der Waals surface area contributed by atoms with Crippen molar-refractivity contribution in [1.82, 2.24) is 14.8 Å². The van der Waals surface area contributed by atoms with Crippen molar-refractivity contribution in [2.75, 3.05) is 58.3 Å². The van der Waals surface area contributed by atoms with Crippen LogP contribution >= 0.6 is 0 Å². The molecule has 0 bridgehead atoms. The van der Waals surface area contributed by atoms with Crippen LogP contribution in [-0.2, 0) is 15.7 Å². The lowest BCUT2D eigenvalue weighted by Gasteiger charge is -2.36. The Balaban J connectivity index is 2.31. The van der Waals surface area contributed by atoms with Gasteiger partial charge in [0.2, 0.25) is 5.91 Å². The van der Waals surface area contributed by atoms with Gasteiger partial charge in [-0.1, -0.05) is 0 Å². The van der Waals surface area contributed by atoms with Crippen LogP contribution in [-0.4, -0.2) is 80.1 Å². The number of alkyl halides is 3. The molecule has 11 heteroatoms. The fraction of sp³-hybridized carbons (Fsp3) is 0.556. The largest absolute Gasteiger partial charge is 0.462 e. The van der Waals surface area contributed by atoms with Crippen molar-refractivity contribution in [3.63, 3.8) is 0 Å². The van der Waals surface area contributed by atoms with Gasteiger partial charge >= 0.3 is 12.1 Å². The van der Waals surface area contributed by atoms with Gasteiger partial charge in [0.05, 0.1) is 24.3 Å². The summed E-state index contributed by atoms with van der Waals surface area (Å²) in [7, 11) is 3.29. The molecule has 2 rings (SSSR count). The number of anilines is 1. The number of halogens is 3. The van der Waals surface area contributed by atoms with Gasteiger partial charge in [-0.15, -0.1) is 0 Å². The summed E-state index contributed by atoms with van der Waals surface area (Å²) in [6.07, 6.45) is -4.88. The minimum atomic E-state index is -4.88. The van der Waals surface area contributed by atoms with E-state index >= 15 is 0 Å². The monoisotopic (exact) mass is 413 g/mol. The van der Waals surface area contributed by atoms with Crippen LogP contribution in [0.25, 0.3) is 0 Å². The molecule has 29 heavy (non-hydrogen) atoms. The molecule has 0 spiro atoms. The summed E-state index contributed by atoms with van der Waals surface area (Å²) in [5, 5.41) is 9.40. The van der Waals surface area contributed by atoms with Crippen LogP contribution in [0.1, 0.15) is 28.5 Å². The quantitative estimate of drug-likeness (QED) is 0.674. The Morgan fingerprint density at radius 1 is 1.28 bits per heavy atom. The summed E-state index contributed by atoms with van der Waals surface area (Å²) in [5.74, 6) is -1.39. The molecule has 1 fully saturated rings. The molecule has 1 amide bonds. The van der Waals surface area contributed by atoms with Gasteiger partial charge < -0.3 is 14.5 Å². The molecule has 0 saturated carbocycles. The van der Waals surface area contributed by atoms with Gasteiger partial charge in [0.15, 0.2) is 5.69 Å². The average Bonchev–Trinajstić information content (AvgIpc) is 2.67. The molecule has 0 radical (unpaired) electrons. The first-order valence-electron chi connectivity index (χ1n) is 8.95. The highest BCUT2D eigenvalue weighted by Gasteiger charge is 2.39. The minimum Gasteiger partial charge on any atom is -0.462 e. The molecule has 1 aromatic rings. The van der Waals surface area contributed by atoms with E-state index in [2.05, 4.69) is 9.72 Å². The molecule has 1 saturated heterocycles. The predicted octanol–water partition coefficient (Wildman–Crippen LogP) is 1.36. The number of esters is 1. The fourth-order valence-corrected chi connectivity index (χ4v) is 2.86. The van der Waals surface area contributed by atoms with Crippen LogP contribution in [0.3, 0.4) is 0 Å². The van der Waals surface area contributed by atoms with E-state index in [4.69, 9.17) is 0 Å². The second kappa shape index (κ2) is 9.09. The fourth-order valence-electron chi connectivity index (χ4n) is 2.86. The summed E-state index contributed by atoms with van der Waals surface area (Å²) in [5.41, 5.74) is -2.30. The highest BCUT2D eigenvalue weighted by molar-refractivity contribution is 5.92. The number of amides is 1. The Bertz CT molecular complexity index is 812. The Hall–Kier alpha value is -2.87. The maximum atomic E-state index is 13.5. The lowest BCUT2D eigenvalue weighted by molar-refractivity contribution is -0.141. The summed E-state index contributed by atoms with van der Waals surface area (Å²) in [6.45, 7) is 3.00. The van der Waals surface area contributed by atoms with Crippen LogP contribution in [0, 0.1) is 11.3 Å². The van der Waals surface area contributed by atoms with Gasteiger partial charge in [0, 0.05) is 40.3 Å². The van der Waals surface area contributed by atoms with Crippen molar-refractivity contribution in [2.24, 2.45) is 0 Å². The Morgan fingerprint density at radius 2 is 1.90 bits per heavy atom. The summed E-state index contributed by atoms with van der Waals surface area (Å²) in [4.78, 5) is 32.3. The molecule has 0 aliphatic carbocycles. The topological polar surface area (TPSA) is 89.8 Å². The molecule has 0 N–H and O–H groups in total. The zero-order valence-corrected chi connectivity index (χ0v) is 16.4. The van der Waals surface area contributed by atoms with Crippen molar-refractivity contribution in [1.29, 1.82) is 5.26 Å². The standard InChI is InChI=1S/C18H22F3N5O3/c1-4-29-17(28)13-9-12(10-22)16(23-15(13)18(19,20)21)26-7-5-25(6-8-26)11-14(27)24(2)3/h9H,4-8,11H2,1-3H3. The van der Waals surface area contributed by atoms with E-state index in [1.165, 1.54) is 11.8 Å². The second-order valence-electron chi connectivity index (χ2n) is 6.64. The number of hydrogen-bond acceptors (Lipinski definition) is 7. The van der Waals surface area contributed by atoms with Crippen LogP contribution in [0.15, 0.2) is 6.07 Å². The third-order valence-electron chi connectivity index (χ3n) is 4.42. The van der Waals surface area contributed by atoms with E-state index in [1.807, 2.05) is 11.0 Å². The normalized spacial score (nSPS) is 15.0. The number of hydrogen-bond donors (Lipinski definition) is 0. The molecular weight excluding hydrogens is 391 g/mol. The first-order chi connectivity index (χ1) is 13.6. The first-order valence-corrected chi connectivity index (χ1v) is 8.95. The SMILES string of the molecule is CCOC(=O)c1cc(C#N)c(N2CCN(CC(=O)N(C)C)CC2)nc1C(F)(F)F. The average molecular weight is 413 g/mol. The second-order valence-corrected chi connectivity index (χ2v) is 6.64. The molecular formula is C18H22F3N5O3. The molecule has 0 aromatic carbocycles. The van der Waals surface area contributed by atoms with E-state index in [0.29, 0.717) is 26.2 Å². The van der Waals surface area contributed by atoms with E-state index in [9.17, 15) is 28.0 Å². The number of aromatic nitrogens is 1. The maximum Gasteiger partial charge on any atom is 0.434 e. The van der Waals surface area contributed by atoms with Crippen LogP contribution in [0.2, 0.25) is 0 Å². The molecule has 1 aliphatic heterocycles. The number of carbonyl (C=O) groups is 2. The zero-order chi connectivity index (χ0) is 21.8. The van der Waals surface area contributed by atoms with Crippen molar-refractivity contribution in [2.45, 2.75) is 13.1 Å². The molecule has 0 unspecified atom stereocenters.